The third-order valence-corrected chi connectivity index (χ3v) is 4.78. The normalized spacial score (nSPS) is 15.4. The van der Waals surface area contributed by atoms with Crippen LogP contribution in [0.1, 0.15) is 18.1 Å². The van der Waals surface area contributed by atoms with Gasteiger partial charge in [-0.15, -0.1) is 0 Å². The lowest BCUT2D eigenvalue weighted by Crippen LogP contribution is -2.27. The van der Waals surface area contributed by atoms with Gasteiger partial charge >= 0.3 is 5.97 Å². The van der Waals surface area contributed by atoms with Crippen LogP contribution >= 0.6 is 11.8 Å². The molecule has 7 heteroatoms. The fraction of sp³-hybridized carbons (Fsp3) is 0.150. The number of rotatable bonds is 6. The maximum absolute atomic E-state index is 12.7. The molecule has 0 spiro atoms. The maximum atomic E-state index is 12.7. The number of anilines is 1. The zero-order valence-corrected chi connectivity index (χ0v) is 15.4. The van der Waals surface area contributed by atoms with Gasteiger partial charge in [-0.25, -0.2) is 9.69 Å². The monoisotopic (exact) mass is 383 g/mol. The number of carbonyl (C=O) groups is 3. The molecule has 2 aromatic rings. The molecule has 1 fully saturated rings. The van der Waals surface area contributed by atoms with Crippen molar-refractivity contribution in [1.29, 1.82) is 0 Å². The molecule has 2 aromatic carbocycles. The SMILES string of the molecule is CCc1ccc(N2C(=O)S/C(=C/c3cccc(OCC(=O)O)c3)C2=O)cc1. The number of amides is 2. The highest BCUT2D eigenvalue weighted by Gasteiger charge is 2.36. The number of carboxylic acids is 1. The van der Waals surface area contributed by atoms with E-state index in [1.807, 2.05) is 19.1 Å². The lowest BCUT2D eigenvalue weighted by Gasteiger charge is -2.12. The van der Waals surface area contributed by atoms with Gasteiger partial charge in [0.05, 0.1) is 10.6 Å². The van der Waals surface area contributed by atoms with Crippen molar-refractivity contribution in [2.45, 2.75) is 13.3 Å². The molecule has 3 rings (SSSR count). The number of nitrogens with zero attached hydrogens (tertiary/aromatic N) is 1. The predicted molar refractivity (Wildman–Crippen MR) is 104 cm³/mol. The van der Waals surface area contributed by atoms with Crippen molar-refractivity contribution in [3.63, 3.8) is 0 Å². The molecule has 0 bridgehead atoms. The summed E-state index contributed by atoms with van der Waals surface area (Å²) in [5.74, 6) is -1.08. The summed E-state index contributed by atoms with van der Waals surface area (Å²) in [4.78, 5) is 37.1. The lowest BCUT2D eigenvalue weighted by atomic mass is 10.1. The molecule has 1 aliphatic rings. The zero-order valence-electron chi connectivity index (χ0n) is 14.5. The molecule has 0 aliphatic carbocycles. The Morgan fingerprint density at radius 2 is 1.93 bits per heavy atom. The van der Waals surface area contributed by atoms with Gasteiger partial charge in [-0.3, -0.25) is 9.59 Å². The van der Waals surface area contributed by atoms with Crippen LogP contribution in [-0.4, -0.2) is 28.8 Å². The first-order valence-electron chi connectivity index (χ1n) is 8.29. The van der Waals surface area contributed by atoms with Crippen LogP contribution in [0.4, 0.5) is 10.5 Å². The molecule has 2 amide bonds. The van der Waals surface area contributed by atoms with Crippen LogP contribution in [0.25, 0.3) is 6.08 Å². The van der Waals surface area contributed by atoms with Gasteiger partial charge in [0.15, 0.2) is 6.61 Å². The number of hydrogen-bond acceptors (Lipinski definition) is 5. The number of benzene rings is 2. The van der Waals surface area contributed by atoms with Crippen molar-refractivity contribution in [2.75, 3.05) is 11.5 Å². The van der Waals surface area contributed by atoms with Crippen molar-refractivity contribution < 1.29 is 24.2 Å². The summed E-state index contributed by atoms with van der Waals surface area (Å²) in [6.07, 6.45) is 2.47. The van der Waals surface area contributed by atoms with E-state index >= 15 is 0 Å². The Hall–Kier alpha value is -3.06. The van der Waals surface area contributed by atoms with Gasteiger partial charge in [0.25, 0.3) is 11.1 Å². The fourth-order valence-electron chi connectivity index (χ4n) is 2.56. The summed E-state index contributed by atoms with van der Waals surface area (Å²) in [6.45, 7) is 1.58. The summed E-state index contributed by atoms with van der Waals surface area (Å²) in [5.41, 5.74) is 2.31. The molecule has 0 atom stereocenters. The standard InChI is InChI=1S/C20H17NO5S/c1-2-13-6-8-15(9-7-13)21-19(24)17(27-20(21)25)11-14-4-3-5-16(10-14)26-12-18(22)23/h3-11H,2,12H2,1H3,(H,22,23)/b17-11+. The summed E-state index contributed by atoms with van der Waals surface area (Å²) in [5, 5.41) is 8.33. The molecule has 0 radical (unpaired) electrons. The Morgan fingerprint density at radius 3 is 2.59 bits per heavy atom. The molecule has 0 unspecified atom stereocenters. The molecule has 27 heavy (non-hydrogen) atoms. The first-order chi connectivity index (χ1) is 13.0. The Morgan fingerprint density at radius 1 is 1.19 bits per heavy atom. The number of thioether (sulfide) groups is 1. The molecule has 1 N–H and O–H groups in total. The van der Waals surface area contributed by atoms with Crippen LogP contribution in [-0.2, 0) is 16.0 Å². The number of ether oxygens (including phenoxy) is 1. The van der Waals surface area contributed by atoms with E-state index in [9.17, 15) is 14.4 Å². The number of imide groups is 1. The summed E-state index contributed by atoms with van der Waals surface area (Å²) < 4.78 is 5.13. The zero-order chi connectivity index (χ0) is 19.4. The number of hydrogen-bond donors (Lipinski definition) is 1. The second-order valence-corrected chi connectivity index (χ2v) is 6.79. The molecule has 138 valence electrons. The van der Waals surface area contributed by atoms with Crippen molar-refractivity contribution in [3.05, 3.63) is 64.6 Å². The molecule has 1 aliphatic heterocycles. The number of aryl methyl sites for hydroxylation is 1. The average molecular weight is 383 g/mol. The summed E-state index contributed by atoms with van der Waals surface area (Å²) in [7, 11) is 0. The van der Waals surface area contributed by atoms with Gasteiger partial charge in [-0.05, 0) is 59.7 Å². The molecule has 0 aromatic heterocycles. The van der Waals surface area contributed by atoms with E-state index in [1.165, 1.54) is 0 Å². The van der Waals surface area contributed by atoms with Crippen LogP contribution in [0.15, 0.2) is 53.4 Å². The highest BCUT2D eigenvalue weighted by molar-refractivity contribution is 8.19. The Labute approximate surface area is 160 Å². The number of aliphatic carboxylic acids is 1. The number of carboxylic acid groups (broad SMARTS) is 1. The third kappa shape index (κ3) is 4.38. The Kier molecular flexibility index (Phi) is 5.61. The molecule has 1 saturated heterocycles. The maximum Gasteiger partial charge on any atom is 0.341 e. The average Bonchev–Trinajstić information content (AvgIpc) is 2.94. The molecular formula is C20H17NO5S. The van der Waals surface area contributed by atoms with Crippen molar-refractivity contribution >= 4 is 40.6 Å². The van der Waals surface area contributed by atoms with E-state index in [0.717, 1.165) is 28.6 Å². The van der Waals surface area contributed by atoms with Crippen LogP contribution in [0.5, 0.6) is 5.75 Å². The smallest absolute Gasteiger partial charge is 0.341 e. The highest BCUT2D eigenvalue weighted by Crippen LogP contribution is 2.36. The van der Waals surface area contributed by atoms with Gasteiger partial charge in [0, 0.05) is 0 Å². The fourth-order valence-corrected chi connectivity index (χ4v) is 3.40. The highest BCUT2D eigenvalue weighted by atomic mass is 32.2. The van der Waals surface area contributed by atoms with Crippen molar-refractivity contribution in [3.8, 4) is 5.75 Å². The van der Waals surface area contributed by atoms with Gasteiger partial charge < -0.3 is 9.84 Å². The second-order valence-electron chi connectivity index (χ2n) is 5.79. The second kappa shape index (κ2) is 8.09. The molecule has 6 nitrogen and oxygen atoms in total. The van der Waals surface area contributed by atoms with E-state index in [1.54, 1.807) is 42.5 Å². The number of carbonyl (C=O) groups excluding carboxylic acids is 2. The molecule has 1 heterocycles. The van der Waals surface area contributed by atoms with E-state index in [2.05, 4.69) is 0 Å². The van der Waals surface area contributed by atoms with Gasteiger partial charge in [0.1, 0.15) is 5.75 Å². The largest absolute Gasteiger partial charge is 0.482 e. The van der Waals surface area contributed by atoms with Gasteiger partial charge in [-0.1, -0.05) is 31.2 Å². The van der Waals surface area contributed by atoms with Crippen LogP contribution in [0, 0.1) is 0 Å². The van der Waals surface area contributed by atoms with Crippen LogP contribution in [0.2, 0.25) is 0 Å². The minimum atomic E-state index is -1.07. The lowest BCUT2D eigenvalue weighted by molar-refractivity contribution is -0.139. The summed E-state index contributed by atoms with van der Waals surface area (Å²) >= 11 is 0.869. The van der Waals surface area contributed by atoms with E-state index in [4.69, 9.17) is 9.84 Å². The first kappa shape index (κ1) is 18.7. The summed E-state index contributed by atoms with van der Waals surface area (Å²) in [6, 6.07) is 14.0. The topological polar surface area (TPSA) is 83.9 Å². The van der Waals surface area contributed by atoms with Gasteiger partial charge in [-0.2, -0.15) is 0 Å². The van der Waals surface area contributed by atoms with Crippen molar-refractivity contribution in [2.24, 2.45) is 0 Å². The van der Waals surface area contributed by atoms with Crippen LogP contribution < -0.4 is 9.64 Å². The molecular weight excluding hydrogens is 366 g/mol. The predicted octanol–water partition coefficient (Wildman–Crippen LogP) is 3.95. The minimum absolute atomic E-state index is 0.301. The van der Waals surface area contributed by atoms with E-state index in [0.29, 0.717) is 21.9 Å². The van der Waals surface area contributed by atoms with Crippen molar-refractivity contribution in [1.82, 2.24) is 0 Å². The van der Waals surface area contributed by atoms with E-state index in [-0.39, 0.29) is 11.1 Å². The third-order valence-electron chi connectivity index (χ3n) is 3.91. The quantitative estimate of drug-likeness (QED) is 0.761. The Bertz CT molecular complexity index is 920. The first-order valence-corrected chi connectivity index (χ1v) is 9.11. The van der Waals surface area contributed by atoms with E-state index < -0.39 is 12.6 Å². The molecule has 0 saturated carbocycles. The van der Waals surface area contributed by atoms with Gasteiger partial charge in [0.2, 0.25) is 0 Å². The minimum Gasteiger partial charge on any atom is -0.482 e. The Balaban J connectivity index is 1.81. The van der Waals surface area contributed by atoms with Crippen LogP contribution in [0.3, 0.4) is 0 Å².